The third kappa shape index (κ3) is 2.22. The fourth-order valence-corrected chi connectivity index (χ4v) is 2.62. The predicted octanol–water partition coefficient (Wildman–Crippen LogP) is 2.67. The minimum Gasteiger partial charge on any atom is -0.383 e. The number of hydrogen-bond donors (Lipinski definition) is 1. The van der Waals surface area contributed by atoms with Gasteiger partial charge in [-0.05, 0) is 38.1 Å². The van der Waals surface area contributed by atoms with Gasteiger partial charge in [0.25, 0.3) is 0 Å². The average Bonchev–Trinajstić information content (AvgIpc) is 2.30. The largest absolute Gasteiger partial charge is 0.383 e. The SMILES string of the molecule is CCN(CC)C1CNc2ccc(C)cc2C1. The van der Waals surface area contributed by atoms with Gasteiger partial charge in [-0.15, -0.1) is 0 Å². The van der Waals surface area contributed by atoms with Crippen LogP contribution in [-0.4, -0.2) is 30.6 Å². The molecule has 1 heterocycles. The second-order valence-corrected chi connectivity index (χ2v) is 4.62. The number of hydrogen-bond acceptors (Lipinski definition) is 2. The second kappa shape index (κ2) is 4.88. The van der Waals surface area contributed by atoms with Crippen LogP contribution in [-0.2, 0) is 6.42 Å². The van der Waals surface area contributed by atoms with E-state index in [4.69, 9.17) is 0 Å². The summed E-state index contributed by atoms with van der Waals surface area (Å²) < 4.78 is 0. The molecule has 0 radical (unpaired) electrons. The van der Waals surface area contributed by atoms with E-state index in [9.17, 15) is 0 Å². The lowest BCUT2D eigenvalue weighted by molar-refractivity contribution is 0.221. The minimum atomic E-state index is 0.657. The predicted molar refractivity (Wildman–Crippen MR) is 70.1 cm³/mol. The first-order chi connectivity index (χ1) is 7.74. The molecule has 2 heteroatoms. The van der Waals surface area contributed by atoms with Crippen molar-refractivity contribution in [1.29, 1.82) is 0 Å². The van der Waals surface area contributed by atoms with Gasteiger partial charge in [-0.3, -0.25) is 4.90 Å². The van der Waals surface area contributed by atoms with E-state index in [0.29, 0.717) is 6.04 Å². The van der Waals surface area contributed by atoms with Gasteiger partial charge >= 0.3 is 0 Å². The summed E-state index contributed by atoms with van der Waals surface area (Å²) in [6.45, 7) is 10.0. The number of benzene rings is 1. The summed E-state index contributed by atoms with van der Waals surface area (Å²) in [6.07, 6.45) is 1.19. The first kappa shape index (κ1) is 11.5. The Labute approximate surface area is 98.7 Å². The Kier molecular flexibility index (Phi) is 3.49. The number of anilines is 1. The fraction of sp³-hybridized carbons (Fsp3) is 0.571. The van der Waals surface area contributed by atoms with Gasteiger partial charge in [0, 0.05) is 18.3 Å². The molecule has 0 spiro atoms. The zero-order valence-corrected chi connectivity index (χ0v) is 10.6. The molecule has 88 valence electrons. The third-order valence-corrected chi connectivity index (χ3v) is 3.57. The van der Waals surface area contributed by atoms with Crippen molar-refractivity contribution < 1.29 is 0 Å². The van der Waals surface area contributed by atoms with Crippen LogP contribution in [0, 0.1) is 6.92 Å². The monoisotopic (exact) mass is 218 g/mol. The maximum Gasteiger partial charge on any atom is 0.0374 e. The van der Waals surface area contributed by atoms with Crippen LogP contribution in [0.1, 0.15) is 25.0 Å². The van der Waals surface area contributed by atoms with E-state index in [0.717, 1.165) is 19.6 Å². The Hall–Kier alpha value is -1.02. The summed E-state index contributed by atoms with van der Waals surface area (Å²) in [5, 5.41) is 3.55. The van der Waals surface area contributed by atoms with E-state index >= 15 is 0 Å². The van der Waals surface area contributed by atoms with Gasteiger partial charge in [-0.25, -0.2) is 0 Å². The second-order valence-electron chi connectivity index (χ2n) is 4.62. The van der Waals surface area contributed by atoms with Crippen LogP contribution in [0.5, 0.6) is 0 Å². The molecule has 1 atom stereocenters. The van der Waals surface area contributed by atoms with E-state index in [2.05, 4.69) is 49.2 Å². The highest BCUT2D eigenvalue weighted by Gasteiger charge is 2.21. The number of nitrogens with one attached hydrogen (secondary N) is 1. The van der Waals surface area contributed by atoms with E-state index in [-0.39, 0.29) is 0 Å². The van der Waals surface area contributed by atoms with Crippen molar-refractivity contribution in [2.75, 3.05) is 25.0 Å². The molecule has 0 fully saturated rings. The van der Waals surface area contributed by atoms with Gasteiger partial charge in [0.15, 0.2) is 0 Å². The number of fused-ring (bicyclic) bond motifs is 1. The van der Waals surface area contributed by atoms with Crippen LogP contribution in [0.3, 0.4) is 0 Å². The average molecular weight is 218 g/mol. The van der Waals surface area contributed by atoms with Gasteiger partial charge in [-0.2, -0.15) is 0 Å². The molecule has 0 aromatic heterocycles. The van der Waals surface area contributed by atoms with Crippen molar-refractivity contribution in [3.05, 3.63) is 29.3 Å². The van der Waals surface area contributed by atoms with E-state index in [1.807, 2.05) is 0 Å². The molecule has 0 saturated heterocycles. The van der Waals surface area contributed by atoms with Gasteiger partial charge in [0.1, 0.15) is 0 Å². The first-order valence-corrected chi connectivity index (χ1v) is 6.32. The molecular weight excluding hydrogens is 196 g/mol. The molecule has 2 nitrogen and oxygen atoms in total. The number of aryl methyl sites for hydroxylation is 1. The molecule has 1 N–H and O–H groups in total. The van der Waals surface area contributed by atoms with Gasteiger partial charge in [0.05, 0.1) is 0 Å². The Morgan fingerprint density at radius 2 is 2.06 bits per heavy atom. The maximum absolute atomic E-state index is 3.55. The van der Waals surface area contributed by atoms with Gasteiger partial charge in [-0.1, -0.05) is 31.5 Å². The Morgan fingerprint density at radius 3 is 2.75 bits per heavy atom. The van der Waals surface area contributed by atoms with E-state index in [1.165, 1.54) is 23.2 Å². The Balaban J connectivity index is 2.16. The lowest BCUT2D eigenvalue weighted by atomic mass is 9.97. The van der Waals surface area contributed by atoms with Gasteiger partial charge in [0.2, 0.25) is 0 Å². The van der Waals surface area contributed by atoms with Crippen molar-refractivity contribution in [3.8, 4) is 0 Å². The zero-order chi connectivity index (χ0) is 11.5. The molecule has 16 heavy (non-hydrogen) atoms. The molecule has 0 amide bonds. The van der Waals surface area contributed by atoms with Crippen LogP contribution in [0.25, 0.3) is 0 Å². The van der Waals surface area contributed by atoms with Crippen LogP contribution >= 0.6 is 0 Å². The molecule has 1 aromatic rings. The first-order valence-electron chi connectivity index (χ1n) is 6.32. The molecule has 2 rings (SSSR count). The zero-order valence-electron chi connectivity index (χ0n) is 10.6. The number of rotatable bonds is 3. The topological polar surface area (TPSA) is 15.3 Å². The standard InChI is InChI=1S/C14H22N2/c1-4-16(5-2)13-9-12-8-11(3)6-7-14(12)15-10-13/h6-8,13,15H,4-5,9-10H2,1-3H3. The van der Waals surface area contributed by atoms with Crippen LogP contribution < -0.4 is 5.32 Å². The maximum atomic E-state index is 3.55. The Bertz CT molecular complexity index is 356. The molecule has 0 bridgehead atoms. The van der Waals surface area contributed by atoms with Crippen molar-refractivity contribution in [2.45, 2.75) is 33.2 Å². The quantitative estimate of drug-likeness (QED) is 0.839. The molecule has 1 aliphatic heterocycles. The molecular formula is C14H22N2. The highest BCUT2D eigenvalue weighted by atomic mass is 15.2. The number of likely N-dealkylation sites (N-methyl/N-ethyl adjacent to an activating group) is 1. The third-order valence-electron chi connectivity index (χ3n) is 3.57. The molecule has 1 unspecified atom stereocenters. The van der Waals surface area contributed by atoms with Crippen LogP contribution in [0.4, 0.5) is 5.69 Å². The van der Waals surface area contributed by atoms with E-state index in [1.54, 1.807) is 0 Å². The summed E-state index contributed by atoms with van der Waals surface area (Å²) >= 11 is 0. The van der Waals surface area contributed by atoms with Gasteiger partial charge < -0.3 is 5.32 Å². The normalized spacial score (nSPS) is 19.4. The van der Waals surface area contributed by atoms with Crippen molar-refractivity contribution in [2.24, 2.45) is 0 Å². The lowest BCUT2D eigenvalue weighted by Crippen LogP contribution is -2.43. The minimum absolute atomic E-state index is 0.657. The smallest absolute Gasteiger partial charge is 0.0374 e. The number of nitrogens with zero attached hydrogens (tertiary/aromatic N) is 1. The van der Waals surface area contributed by atoms with Crippen molar-refractivity contribution >= 4 is 5.69 Å². The summed E-state index contributed by atoms with van der Waals surface area (Å²) in [5.74, 6) is 0. The molecule has 1 aliphatic rings. The summed E-state index contributed by atoms with van der Waals surface area (Å²) in [5.41, 5.74) is 4.16. The lowest BCUT2D eigenvalue weighted by Gasteiger charge is -2.34. The van der Waals surface area contributed by atoms with Crippen LogP contribution in [0.2, 0.25) is 0 Å². The molecule has 0 saturated carbocycles. The summed E-state index contributed by atoms with van der Waals surface area (Å²) in [4.78, 5) is 2.54. The summed E-state index contributed by atoms with van der Waals surface area (Å²) in [6, 6.07) is 7.37. The van der Waals surface area contributed by atoms with Crippen molar-refractivity contribution in [1.82, 2.24) is 4.90 Å². The van der Waals surface area contributed by atoms with Crippen molar-refractivity contribution in [3.63, 3.8) is 0 Å². The van der Waals surface area contributed by atoms with E-state index < -0.39 is 0 Å². The highest BCUT2D eigenvalue weighted by Crippen LogP contribution is 2.24. The summed E-state index contributed by atoms with van der Waals surface area (Å²) in [7, 11) is 0. The Morgan fingerprint density at radius 1 is 1.31 bits per heavy atom. The van der Waals surface area contributed by atoms with Crippen LogP contribution in [0.15, 0.2) is 18.2 Å². The fourth-order valence-electron chi connectivity index (χ4n) is 2.62. The highest BCUT2D eigenvalue weighted by molar-refractivity contribution is 5.55. The molecule has 1 aromatic carbocycles. The molecule has 0 aliphatic carbocycles.